The van der Waals surface area contributed by atoms with E-state index in [1.807, 2.05) is 6.92 Å². The highest BCUT2D eigenvalue weighted by molar-refractivity contribution is 7.92. The quantitative estimate of drug-likeness (QED) is 0.515. The summed E-state index contributed by atoms with van der Waals surface area (Å²) in [5.41, 5.74) is 6.58. The minimum atomic E-state index is -3.29. The molecule has 0 radical (unpaired) electrons. The lowest BCUT2D eigenvalue weighted by molar-refractivity contribution is -0.116. The second-order valence-electron chi connectivity index (χ2n) is 5.50. The maximum absolute atomic E-state index is 11.8. The summed E-state index contributed by atoms with van der Waals surface area (Å²) in [5, 5.41) is 2.81. The van der Waals surface area contributed by atoms with Gasteiger partial charge in [0.15, 0.2) is 0 Å². The van der Waals surface area contributed by atoms with Gasteiger partial charge < -0.3 is 11.1 Å². The molecule has 0 saturated heterocycles. The summed E-state index contributed by atoms with van der Waals surface area (Å²) in [4.78, 5) is 11.8. The number of hydrogen-bond donors (Lipinski definition) is 3. The Bertz CT molecular complexity index is 577. The Morgan fingerprint density at radius 3 is 2.21 bits per heavy atom. The molecule has 24 heavy (non-hydrogen) atoms. The summed E-state index contributed by atoms with van der Waals surface area (Å²) in [7, 11) is -3.29. The standard InChI is InChI=1S/C16H27N3O3S.ClH/c1-2-13-23(21,22)19-15-10-8-14(9-11-15)18-16(20)7-5-3-4-6-12-17;/h8-11,19H,2-7,12-13,17H2,1H3,(H,18,20);1H. The number of carbonyl (C=O) groups excluding carboxylic acids is 1. The molecular weight excluding hydrogens is 350 g/mol. The van der Waals surface area contributed by atoms with Crippen LogP contribution in [0.5, 0.6) is 0 Å². The van der Waals surface area contributed by atoms with E-state index in [1.165, 1.54) is 0 Å². The first-order valence-corrected chi connectivity index (χ1v) is 9.72. The van der Waals surface area contributed by atoms with Crippen molar-refractivity contribution in [3.05, 3.63) is 24.3 Å². The van der Waals surface area contributed by atoms with Gasteiger partial charge in [0.05, 0.1) is 5.75 Å². The Balaban J connectivity index is 0.00000529. The van der Waals surface area contributed by atoms with Crippen LogP contribution in [0.25, 0.3) is 0 Å². The van der Waals surface area contributed by atoms with Crippen molar-refractivity contribution in [1.29, 1.82) is 0 Å². The third-order valence-electron chi connectivity index (χ3n) is 3.27. The molecule has 0 spiro atoms. The van der Waals surface area contributed by atoms with Gasteiger partial charge in [-0.15, -0.1) is 12.4 Å². The van der Waals surface area contributed by atoms with E-state index in [0.29, 0.717) is 30.8 Å². The van der Waals surface area contributed by atoms with Crippen molar-refractivity contribution in [1.82, 2.24) is 0 Å². The number of nitrogens with one attached hydrogen (secondary N) is 2. The van der Waals surface area contributed by atoms with E-state index < -0.39 is 10.0 Å². The number of anilines is 2. The van der Waals surface area contributed by atoms with E-state index in [-0.39, 0.29) is 24.1 Å². The van der Waals surface area contributed by atoms with E-state index in [2.05, 4.69) is 10.0 Å². The maximum atomic E-state index is 11.8. The van der Waals surface area contributed by atoms with Crippen molar-refractivity contribution in [3.8, 4) is 0 Å². The van der Waals surface area contributed by atoms with Crippen LogP contribution in [0.4, 0.5) is 11.4 Å². The van der Waals surface area contributed by atoms with Crippen LogP contribution in [-0.2, 0) is 14.8 Å². The van der Waals surface area contributed by atoms with E-state index in [1.54, 1.807) is 24.3 Å². The number of rotatable bonds is 11. The Morgan fingerprint density at radius 2 is 1.62 bits per heavy atom. The molecule has 0 atom stereocenters. The molecule has 138 valence electrons. The third-order valence-corrected chi connectivity index (χ3v) is 4.77. The first-order valence-electron chi connectivity index (χ1n) is 8.07. The van der Waals surface area contributed by atoms with Gasteiger partial charge in [0.1, 0.15) is 0 Å². The summed E-state index contributed by atoms with van der Waals surface area (Å²) in [6.07, 6.45) is 4.95. The van der Waals surface area contributed by atoms with E-state index >= 15 is 0 Å². The molecule has 0 aromatic heterocycles. The average molecular weight is 378 g/mol. The van der Waals surface area contributed by atoms with Gasteiger partial charge >= 0.3 is 0 Å². The minimum Gasteiger partial charge on any atom is -0.330 e. The predicted octanol–water partition coefficient (Wildman–Crippen LogP) is 3.11. The molecule has 0 unspecified atom stereocenters. The molecule has 0 fully saturated rings. The number of hydrogen-bond acceptors (Lipinski definition) is 4. The van der Waals surface area contributed by atoms with Gasteiger partial charge in [-0.05, 0) is 50.1 Å². The number of nitrogens with two attached hydrogens (primary N) is 1. The van der Waals surface area contributed by atoms with Crippen molar-refractivity contribution in [2.24, 2.45) is 5.73 Å². The predicted molar refractivity (Wildman–Crippen MR) is 102 cm³/mol. The molecule has 8 heteroatoms. The molecule has 0 heterocycles. The van der Waals surface area contributed by atoms with Crippen LogP contribution in [0.1, 0.15) is 45.4 Å². The summed E-state index contributed by atoms with van der Waals surface area (Å²) in [6.45, 7) is 2.51. The van der Waals surface area contributed by atoms with E-state index in [9.17, 15) is 13.2 Å². The van der Waals surface area contributed by atoms with Crippen LogP contribution in [0.2, 0.25) is 0 Å². The Labute approximate surface area is 151 Å². The second kappa shape index (κ2) is 12.1. The van der Waals surface area contributed by atoms with Crippen LogP contribution >= 0.6 is 12.4 Å². The average Bonchev–Trinajstić information content (AvgIpc) is 2.48. The van der Waals surface area contributed by atoms with Crippen LogP contribution in [0, 0.1) is 0 Å². The monoisotopic (exact) mass is 377 g/mol. The molecule has 6 nitrogen and oxygen atoms in total. The molecule has 4 N–H and O–H groups in total. The van der Waals surface area contributed by atoms with Crippen molar-refractivity contribution >= 4 is 39.7 Å². The highest BCUT2D eigenvalue weighted by Gasteiger charge is 2.08. The molecule has 0 aliphatic heterocycles. The molecule has 0 aliphatic carbocycles. The number of amides is 1. The fraction of sp³-hybridized carbons (Fsp3) is 0.562. The third kappa shape index (κ3) is 9.75. The van der Waals surface area contributed by atoms with Crippen LogP contribution < -0.4 is 15.8 Å². The zero-order valence-electron chi connectivity index (χ0n) is 14.1. The fourth-order valence-corrected chi connectivity index (χ4v) is 3.26. The second-order valence-corrected chi connectivity index (χ2v) is 7.34. The zero-order chi connectivity index (χ0) is 17.1. The number of halogens is 1. The summed E-state index contributed by atoms with van der Waals surface area (Å²) < 4.78 is 25.8. The molecule has 0 bridgehead atoms. The lowest BCUT2D eigenvalue weighted by atomic mass is 10.1. The minimum absolute atomic E-state index is 0. The normalized spacial score (nSPS) is 10.8. The SMILES string of the molecule is CCCS(=O)(=O)Nc1ccc(NC(=O)CCCCCCN)cc1.Cl. The first kappa shape index (κ1) is 22.7. The van der Waals surface area contributed by atoms with Crippen molar-refractivity contribution in [2.75, 3.05) is 22.3 Å². The zero-order valence-corrected chi connectivity index (χ0v) is 15.7. The van der Waals surface area contributed by atoms with Crippen LogP contribution in [0.15, 0.2) is 24.3 Å². The van der Waals surface area contributed by atoms with E-state index in [0.717, 1.165) is 25.7 Å². The van der Waals surface area contributed by atoms with Gasteiger partial charge in [0, 0.05) is 17.8 Å². The summed E-state index contributed by atoms with van der Waals surface area (Å²) in [5.74, 6) is 0.0624. The Hall–Kier alpha value is -1.31. The van der Waals surface area contributed by atoms with Gasteiger partial charge in [-0.25, -0.2) is 8.42 Å². The number of unbranched alkanes of at least 4 members (excludes halogenated alkanes) is 3. The lowest BCUT2D eigenvalue weighted by Crippen LogP contribution is -2.16. The van der Waals surface area contributed by atoms with Gasteiger partial charge in [-0.1, -0.05) is 19.8 Å². The molecule has 1 aromatic carbocycles. The van der Waals surface area contributed by atoms with Crippen molar-refractivity contribution in [3.63, 3.8) is 0 Å². The maximum Gasteiger partial charge on any atom is 0.232 e. The molecule has 1 aromatic rings. The topological polar surface area (TPSA) is 101 Å². The number of carbonyl (C=O) groups is 1. The van der Waals surface area contributed by atoms with Gasteiger partial charge in [-0.2, -0.15) is 0 Å². The van der Waals surface area contributed by atoms with Crippen molar-refractivity contribution in [2.45, 2.75) is 45.4 Å². The molecule has 1 amide bonds. The summed E-state index contributed by atoms with van der Waals surface area (Å²) in [6, 6.07) is 6.67. The summed E-state index contributed by atoms with van der Waals surface area (Å²) >= 11 is 0. The lowest BCUT2D eigenvalue weighted by Gasteiger charge is -2.09. The smallest absolute Gasteiger partial charge is 0.232 e. The number of benzene rings is 1. The largest absolute Gasteiger partial charge is 0.330 e. The first-order chi connectivity index (χ1) is 11.0. The highest BCUT2D eigenvalue weighted by atomic mass is 35.5. The van der Waals surface area contributed by atoms with E-state index in [4.69, 9.17) is 5.73 Å². The fourth-order valence-electron chi connectivity index (χ4n) is 2.13. The van der Waals surface area contributed by atoms with Gasteiger partial charge in [0.25, 0.3) is 0 Å². The molecule has 0 saturated carbocycles. The highest BCUT2D eigenvalue weighted by Crippen LogP contribution is 2.16. The van der Waals surface area contributed by atoms with Crippen molar-refractivity contribution < 1.29 is 13.2 Å². The molecule has 0 aliphatic rings. The number of sulfonamides is 1. The molecular formula is C16H28ClN3O3S. The van der Waals surface area contributed by atoms with Gasteiger partial charge in [0.2, 0.25) is 15.9 Å². The van der Waals surface area contributed by atoms with Crippen LogP contribution in [0.3, 0.4) is 0 Å². The van der Waals surface area contributed by atoms with Crippen LogP contribution in [-0.4, -0.2) is 26.6 Å². The Morgan fingerprint density at radius 1 is 1.04 bits per heavy atom. The molecule has 1 rings (SSSR count). The Kier molecular flexibility index (Phi) is 11.4. The van der Waals surface area contributed by atoms with Gasteiger partial charge in [-0.3, -0.25) is 9.52 Å².